The Labute approximate surface area is 184 Å². The molecule has 0 saturated carbocycles. The topological polar surface area (TPSA) is 56.5 Å². The molecule has 0 radical (unpaired) electrons. The number of fused-ring (bicyclic) bond motifs is 1. The van der Waals surface area contributed by atoms with Gasteiger partial charge in [-0.1, -0.05) is 29.3 Å². The van der Waals surface area contributed by atoms with Crippen molar-refractivity contribution in [3.05, 3.63) is 70.7 Å². The molecule has 0 saturated heterocycles. The first kappa shape index (κ1) is 20.4. The zero-order valence-electron chi connectivity index (χ0n) is 16.5. The Balaban J connectivity index is 1.43. The third-order valence-electron chi connectivity index (χ3n) is 4.56. The van der Waals surface area contributed by atoms with E-state index in [1.807, 2.05) is 55.5 Å². The van der Waals surface area contributed by atoms with Crippen LogP contribution in [0.2, 0.25) is 10.0 Å². The first-order chi connectivity index (χ1) is 14.5. The van der Waals surface area contributed by atoms with Gasteiger partial charge >= 0.3 is 0 Å². The highest BCUT2D eigenvalue weighted by molar-refractivity contribution is 6.42. The van der Waals surface area contributed by atoms with Crippen molar-refractivity contribution in [3.63, 3.8) is 0 Å². The predicted molar refractivity (Wildman–Crippen MR) is 121 cm³/mol. The zero-order valence-corrected chi connectivity index (χ0v) is 18.0. The van der Waals surface area contributed by atoms with Crippen LogP contribution in [0.15, 0.2) is 65.1 Å². The summed E-state index contributed by atoms with van der Waals surface area (Å²) in [4.78, 5) is 4.60. The summed E-state index contributed by atoms with van der Waals surface area (Å²) in [6.45, 7) is 2.54. The van der Waals surface area contributed by atoms with E-state index in [-0.39, 0.29) is 6.10 Å². The third-order valence-corrected chi connectivity index (χ3v) is 5.36. The lowest BCUT2D eigenvalue weighted by Crippen LogP contribution is -2.22. The number of hydrogen-bond donors (Lipinski definition) is 1. The molecule has 0 bridgehead atoms. The maximum atomic E-state index is 6.19. The molecule has 3 aromatic carbocycles. The lowest BCUT2D eigenvalue weighted by atomic mass is 10.2. The van der Waals surface area contributed by atoms with Crippen LogP contribution in [0, 0.1) is 0 Å². The second kappa shape index (κ2) is 8.86. The van der Waals surface area contributed by atoms with Crippen LogP contribution < -0.4 is 14.8 Å². The zero-order chi connectivity index (χ0) is 21.1. The molecule has 30 heavy (non-hydrogen) atoms. The van der Waals surface area contributed by atoms with Crippen LogP contribution in [0.5, 0.6) is 11.5 Å². The van der Waals surface area contributed by atoms with Gasteiger partial charge in [0, 0.05) is 11.3 Å². The second-order valence-electron chi connectivity index (χ2n) is 6.79. The molecule has 4 aromatic rings. The van der Waals surface area contributed by atoms with Crippen LogP contribution in [-0.2, 0) is 0 Å². The molecule has 0 unspecified atom stereocenters. The molecule has 1 N–H and O–H groups in total. The molecule has 0 aliphatic heterocycles. The number of halogens is 2. The molecule has 0 amide bonds. The molecule has 1 atom stereocenters. The quantitative estimate of drug-likeness (QED) is 0.345. The van der Waals surface area contributed by atoms with Gasteiger partial charge in [0.25, 0.3) is 0 Å². The van der Waals surface area contributed by atoms with E-state index in [1.165, 1.54) is 0 Å². The number of hydrogen-bond acceptors (Lipinski definition) is 5. The number of oxazole rings is 1. The molecule has 0 aliphatic rings. The number of nitrogens with zero attached hydrogens (tertiary/aromatic N) is 1. The first-order valence-corrected chi connectivity index (χ1v) is 10.2. The normalized spacial score (nSPS) is 12.0. The Bertz CT molecular complexity index is 1160. The van der Waals surface area contributed by atoms with Crippen molar-refractivity contribution < 1.29 is 13.9 Å². The fourth-order valence-electron chi connectivity index (χ4n) is 2.99. The van der Waals surface area contributed by atoms with E-state index >= 15 is 0 Å². The van der Waals surface area contributed by atoms with E-state index in [2.05, 4.69) is 10.3 Å². The minimum absolute atomic E-state index is 0.121. The lowest BCUT2D eigenvalue weighted by Gasteiger charge is -2.17. The number of methoxy groups -OCH3 is 1. The molecular weight excluding hydrogens is 423 g/mol. The van der Waals surface area contributed by atoms with Crippen LogP contribution in [0.4, 0.5) is 5.69 Å². The van der Waals surface area contributed by atoms with Gasteiger partial charge in [0.05, 0.1) is 18.7 Å². The van der Waals surface area contributed by atoms with Gasteiger partial charge < -0.3 is 19.2 Å². The SMILES string of the molecule is COc1ccc(-c2nc3cc(NC[C@H](C)Oc4cccc(Cl)c4Cl)ccc3o2)cc1. The van der Waals surface area contributed by atoms with Gasteiger partial charge in [-0.3, -0.25) is 0 Å². The average molecular weight is 443 g/mol. The summed E-state index contributed by atoms with van der Waals surface area (Å²) in [5, 5.41) is 4.24. The van der Waals surface area contributed by atoms with Gasteiger partial charge in [-0.2, -0.15) is 0 Å². The molecule has 5 nitrogen and oxygen atoms in total. The van der Waals surface area contributed by atoms with E-state index in [1.54, 1.807) is 19.2 Å². The Kier molecular flexibility index (Phi) is 6.02. The van der Waals surface area contributed by atoms with Crippen LogP contribution >= 0.6 is 23.2 Å². The predicted octanol–water partition coefficient (Wildman–Crippen LogP) is 6.69. The number of benzene rings is 3. The molecule has 0 spiro atoms. The van der Waals surface area contributed by atoms with Gasteiger partial charge in [0.2, 0.25) is 5.89 Å². The highest BCUT2D eigenvalue weighted by Gasteiger charge is 2.12. The minimum atomic E-state index is -0.121. The lowest BCUT2D eigenvalue weighted by molar-refractivity contribution is 0.235. The Morgan fingerprint density at radius 1 is 1.07 bits per heavy atom. The van der Waals surface area contributed by atoms with Crippen molar-refractivity contribution in [2.45, 2.75) is 13.0 Å². The first-order valence-electron chi connectivity index (χ1n) is 9.43. The van der Waals surface area contributed by atoms with Crippen molar-refractivity contribution >= 4 is 40.0 Å². The Hall–Kier alpha value is -2.89. The maximum absolute atomic E-state index is 6.19. The Morgan fingerprint density at radius 3 is 2.63 bits per heavy atom. The van der Waals surface area contributed by atoms with Crippen molar-refractivity contribution in [1.29, 1.82) is 0 Å². The Morgan fingerprint density at radius 2 is 1.87 bits per heavy atom. The van der Waals surface area contributed by atoms with Gasteiger partial charge in [-0.05, 0) is 61.5 Å². The summed E-state index contributed by atoms with van der Waals surface area (Å²) >= 11 is 12.2. The van der Waals surface area contributed by atoms with Crippen molar-refractivity contribution in [2.75, 3.05) is 19.0 Å². The average Bonchev–Trinajstić information content (AvgIpc) is 3.19. The fraction of sp³-hybridized carbons (Fsp3) is 0.174. The van der Waals surface area contributed by atoms with Crippen LogP contribution in [0.25, 0.3) is 22.6 Å². The molecule has 0 fully saturated rings. The molecule has 4 rings (SSSR count). The number of anilines is 1. The van der Waals surface area contributed by atoms with Gasteiger partial charge in [-0.25, -0.2) is 4.98 Å². The summed E-state index contributed by atoms with van der Waals surface area (Å²) in [5.41, 5.74) is 3.31. The summed E-state index contributed by atoms with van der Waals surface area (Å²) < 4.78 is 17.0. The van der Waals surface area contributed by atoms with Crippen molar-refractivity contribution in [2.24, 2.45) is 0 Å². The number of nitrogens with one attached hydrogen (secondary N) is 1. The van der Waals surface area contributed by atoms with Gasteiger partial charge in [-0.15, -0.1) is 0 Å². The minimum Gasteiger partial charge on any atom is -0.497 e. The number of aromatic nitrogens is 1. The third kappa shape index (κ3) is 4.48. The molecule has 1 aromatic heterocycles. The van der Waals surface area contributed by atoms with Gasteiger partial charge in [0.15, 0.2) is 5.58 Å². The van der Waals surface area contributed by atoms with Crippen molar-refractivity contribution in [3.8, 4) is 23.0 Å². The molecule has 7 heteroatoms. The smallest absolute Gasteiger partial charge is 0.227 e. The van der Waals surface area contributed by atoms with Crippen LogP contribution in [0.1, 0.15) is 6.92 Å². The largest absolute Gasteiger partial charge is 0.497 e. The monoisotopic (exact) mass is 442 g/mol. The number of ether oxygens (including phenoxy) is 2. The van der Waals surface area contributed by atoms with Crippen LogP contribution in [-0.4, -0.2) is 24.7 Å². The highest BCUT2D eigenvalue weighted by Crippen LogP contribution is 2.32. The van der Waals surface area contributed by atoms with E-state index in [0.717, 1.165) is 28.1 Å². The maximum Gasteiger partial charge on any atom is 0.227 e. The van der Waals surface area contributed by atoms with Crippen molar-refractivity contribution in [1.82, 2.24) is 4.98 Å². The fourth-order valence-corrected chi connectivity index (χ4v) is 3.33. The molecule has 0 aliphatic carbocycles. The summed E-state index contributed by atoms with van der Waals surface area (Å²) in [6, 6.07) is 18.7. The summed E-state index contributed by atoms with van der Waals surface area (Å²) in [7, 11) is 1.64. The second-order valence-corrected chi connectivity index (χ2v) is 7.58. The van der Waals surface area contributed by atoms with Crippen LogP contribution in [0.3, 0.4) is 0 Å². The highest BCUT2D eigenvalue weighted by atomic mass is 35.5. The standard InChI is InChI=1S/C23H20Cl2N2O3/c1-14(29-21-5-3-4-18(24)22(21)25)13-26-16-8-11-20-19(12-16)27-23(30-20)15-6-9-17(28-2)10-7-15/h3-12,14,26H,13H2,1-2H3/t14-/m0/s1. The number of rotatable bonds is 7. The molecule has 1 heterocycles. The van der Waals surface area contributed by atoms with E-state index in [0.29, 0.717) is 28.2 Å². The summed E-state index contributed by atoms with van der Waals surface area (Å²) in [6.07, 6.45) is -0.121. The molecule has 154 valence electrons. The summed E-state index contributed by atoms with van der Waals surface area (Å²) in [5.74, 6) is 1.92. The van der Waals surface area contributed by atoms with E-state index in [4.69, 9.17) is 37.1 Å². The van der Waals surface area contributed by atoms with Gasteiger partial charge in [0.1, 0.15) is 28.1 Å². The molecular formula is C23H20Cl2N2O3. The van der Waals surface area contributed by atoms with E-state index < -0.39 is 0 Å². The van der Waals surface area contributed by atoms with E-state index in [9.17, 15) is 0 Å².